The van der Waals surface area contributed by atoms with E-state index in [9.17, 15) is 26.4 Å². The van der Waals surface area contributed by atoms with Gasteiger partial charge in [0.2, 0.25) is 5.95 Å². The second-order valence-electron chi connectivity index (χ2n) is 8.62. The van der Waals surface area contributed by atoms with Crippen LogP contribution in [0.3, 0.4) is 0 Å². The summed E-state index contributed by atoms with van der Waals surface area (Å²) in [6, 6.07) is 8.65. The summed E-state index contributed by atoms with van der Waals surface area (Å²) in [7, 11) is -3.75. The van der Waals surface area contributed by atoms with Crippen LogP contribution in [0.25, 0.3) is 22.8 Å². The van der Waals surface area contributed by atoms with Gasteiger partial charge in [0.25, 0.3) is 6.43 Å². The molecule has 1 saturated heterocycles. The summed E-state index contributed by atoms with van der Waals surface area (Å²) in [4.78, 5) is 27.1. The number of amides is 2. The number of benzene rings is 2. The SMILES string of the molecule is C[C@H]1COCCN1c1nc(-c2ccc(NC(=O)NCC(F)F)cc2)nc(-c2cc(F)ccc2S(C)(=O)=O)n1. The number of aromatic nitrogens is 3. The molecule has 0 bridgehead atoms. The van der Waals surface area contributed by atoms with Gasteiger partial charge in [-0.05, 0) is 49.4 Å². The van der Waals surface area contributed by atoms with Crippen molar-refractivity contribution in [2.75, 3.05) is 42.8 Å². The molecule has 2 amide bonds. The summed E-state index contributed by atoms with van der Waals surface area (Å²) < 4.78 is 69.2. The molecule has 202 valence electrons. The molecular weight excluding hydrogens is 525 g/mol. The van der Waals surface area contributed by atoms with Crippen LogP contribution in [0.2, 0.25) is 0 Å². The zero-order chi connectivity index (χ0) is 27.4. The predicted molar refractivity (Wildman–Crippen MR) is 134 cm³/mol. The Labute approximate surface area is 217 Å². The number of hydrogen-bond donors (Lipinski definition) is 2. The first-order valence-corrected chi connectivity index (χ1v) is 13.4. The van der Waals surface area contributed by atoms with E-state index in [4.69, 9.17) is 4.74 Å². The van der Waals surface area contributed by atoms with E-state index in [2.05, 4.69) is 20.3 Å². The van der Waals surface area contributed by atoms with Crippen LogP contribution in [0.1, 0.15) is 6.92 Å². The van der Waals surface area contributed by atoms with Crippen molar-refractivity contribution in [3.05, 3.63) is 48.3 Å². The third-order valence-corrected chi connectivity index (χ3v) is 6.80. The van der Waals surface area contributed by atoms with Gasteiger partial charge in [0, 0.05) is 29.6 Å². The van der Waals surface area contributed by atoms with Gasteiger partial charge in [-0.25, -0.2) is 31.4 Å². The average molecular weight is 551 g/mol. The molecule has 1 fully saturated rings. The third-order valence-electron chi connectivity index (χ3n) is 5.65. The molecule has 2 N–H and O–H groups in total. The fraction of sp³-hybridized carbons (Fsp3) is 0.333. The fourth-order valence-electron chi connectivity index (χ4n) is 3.82. The van der Waals surface area contributed by atoms with Crippen molar-refractivity contribution in [1.29, 1.82) is 0 Å². The predicted octanol–water partition coefficient (Wildman–Crippen LogP) is 3.36. The molecule has 1 aliphatic rings. The van der Waals surface area contributed by atoms with Gasteiger partial charge in [-0.3, -0.25) is 0 Å². The zero-order valence-corrected chi connectivity index (χ0v) is 21.3. The van der Waals surface area contributed by atoms with Crippen LogP contribution in [0.15, 0.2) is 47.4 Å². The monoisotopic (exact) mass is 550 g/mol. The standard InChI is InChI=1S/C24H25F3N6O4S/c1-14-13-37-10-9-33(14)23-31-21(15-3-6-17(7-4-15)29-24(34)28-12-20(26)27)30-22(32-23)18-11-16(25)5-8-19(18)38(2,35)36/h3-8,11,14,20H,9-10,12-13H2,1-2H3,(H2,28,29,34)/t14-/m0/s1. The van der Waals surface area contributed by atoms with Crippen molar-refractivity contribution < 1.29 is 31.1 Å². The lowest BCUT2D eigenvalue weighted by Gasteiger charge is -2.33. The van der Waals surface area contributed by atoms with Crippen molar-refractivity contribution in [3.63, 3.8) is 0 Å². The molecule has 14 heteroatoms. The smallest absolute Gasteiger partial charge is 0.319 e. The molecule has 38 heavy (non-hydrogen) atoms. The van der Waals surface area contributed by atoms with E-state index in [0.717, 1.165) is 18.4 Å². The Morgan fingerprint density at radius 3 is 2.50 bits per heavy atom. The Bertz CT molecular complexity index is 1420. The Balaban J connectivity index is 1.75. The molecule has 0 spiro atoms. The number of nitrogens with zero attached hydrogens (tertiary/aromatic N) is 4. The maximum Gasteiger partial charge on any atom is 0.319 e. The Hall–Kier alpha value is -3.78. The van der Waals surface area contributed by atoms with Crippen molar-refractivity contribution in [3.8, 4) is 22.8 Å². The van der Waals surface area contributed by atoms with Gasteiger partial charge in [-0.1, -0.05) is 0 Å². The van der Waals surface area contributed by atoms with Crippen LogP contribution in [-0.2, 0) is 14.6 Å². The third kappa shape index (κ3) is 6.55. The number of carbonyl (C=O) groups is 1. The molecule has 0 unspecified atom stereocenters. The number of sulfone groups is 1. The number of halogens is 3. The number of urea groups is 1. The summed E-state index contributed by atoms with van der Waals surface area (Å²) >= 11 is 0. The van der Waals surface area contributed by atoms with E-state index in [1.807, 2.05) is 17.1 Å². The highest BCUT2D eigenvalue weighted by Gasteiger charge is 2.25. The lowest BCUT2D eigenvalue weighted by molar-refractivity contribution is 0.0981. The van der Waals surface area contributed by atoms with Gasteiger partial charge in [-0.2, -0.15) is 9.97 Å². The summed E-state index contributed by atoms with van der Waals surface area (Å²) in [5.41, 5.74) is 0.820. The molecule has 10 nitrogen and oxygen atoms in total. The van der Waals surface area contributed by atoms with Crippen molar-refractivity contribution >= 4 is 27.5 Å². The molecule has 2 heterocycles. The second-order valence-corrected chi connectivity index (χ2v) is 10.6. The van der Waals surface area contributed by atoms with Gasteiger partial charge in [0.15, 0.2) is 21.5 Å². The van der Waals surface area contributed by atoms with E-state index in [1.54, 1.807) is 12.1 Å². The summed E-state index contributed by atoms with van der Waals surface area (Å²) in [6.45, 7) is 2.48. The van der Waals surface area contributed by atoms with Gasteiger partial charge >= 0.3 is 6.03 Å². The lowest BCUT2D eigenvalue weighted by Crippen LogP contribution is -2.44. The minimum Gasteiger partial charge on any atom is -0.377 e. The highest BCUT2D eigenvalue weighted by atomic mass is 32.2. The number of ether oxygens (including phenoxy) is 1. The molecule has 1 aliphatic heterocycles. The molecule has 0 radical (unpaired) electrons. The minimum atomic E-state index is -3.75. The zero-order valence-electron chi connectivity index (χ0n) is 20.5. The van der Waals surface area contributed by atoms with E-state index in [-0.39, 0.29) is 34.1 Å². The Morgan fingerprint density at radius 2 is 1.84 bits per heavy atom. The first-order valence-electron chi connectivity index (χ1n) is 11.5. The molecular formula is C24H25F3N6O4S. The number of hydrogen-bond acceptors (Lipinski definition) is 8. The van der Waals surface area contributed by atoms with Crippen LogP contribution in [-0.4, -0.2) is 74.4 Å². The number of nitrogens with one attached hydrogen (secondary N) is 2. The van der Waals surface area contributed by atoms with Crippen LogP contribution in [0, 0.1) is 5.82 Å². The number of rotatable bonds is 7. The number of carbonyl (C=O) groups excluding carboxylic acids is 1. The summed E-state index contributed by atoms with van der Waals surface area (Å²) in [5.74, 6) is -0.243. The summed E-state index contributed by atoms with van der Waals surface area (Å²) in [6.07, 6.45) is -1.66. The van der Waals surface area contributed by atoms with Crippen LogP contribution in [0.4, 0.5) is 29.6 Å². The lowest BCUT2D eigenvalue weighted by atomic mass is 10.1. The van der Waals surface area contributed by atoms with Crippen molar-refractivity contribution in [2.24, 2.45) is 0 Å². The highest BCUT2D eigenvalue weighted by Crippen LogP contribution is 2.30. The van der Waals surface area contributed by atoms with Gasteiger partial charge in [0.1, 0.15) is 5.82 Å². The van der Waals surface area contributed by atoms with E-state index >= 15 is 0 Å². The van der Waals surface area contributed by atoms with Crippen LogP contribution < -0.4 is 15.5 Å². The van der Waals surface area contributed by atoms with E-state index in [0.29, 0.717) is 31.0 Å². The van der Waals surface area contributed by atoms with Gasteiger partial charge in [0.05, 0.1) is 30.7 Å². The maximum absolute atomic E-state index is 14.2. The summed E-state index contributed by atoms with van der Waals surface area (Å²) in [5, 5.41) is 4.49. The fourth-order valence-corrected chi connectivity index (χ4v) is 4.68. The number of morpholine rings is 1. The first kappa shape index (κ1) is 27.3. The van der Waals surface area contributed by atoms with Crippen molar-refractivity contribution in [1.82, 2.24) is 20.3 Å². The average Bonchev–Trinajstić information content (AvgIpc) is 2.87. The van der Waals surface area contributed by atoms with Gasteiger partial charge in [-0.15, -0.1) is 0 Å². The number of alkyl halides is 2. The molecule has 0 saturated carbocycles. The molecule has 2 aromatic carbocycles. The second kappa shape index (κ2) is 11.3. The number of anilines is 2. The van der Waals surface area contributed by atoms with Crippen molar-refractivity contribution in [2.45, 2.75) is 24.3 Å². The highest BCUT2D eigenvalue weighted by molar-refractivity contribution is 7.90. The quantitative estimate of drug-likeness (QED) is 0.429. The molecule has 1 atom stereocenters. The minimum absolute atomic E-state index is 0.00713. The Kier molecular flexibility index (Phi) is 8.11. The molecule has 1 aromatic heterocycles. The first-order chi connectivity index (χ1) is 18.0. The molecule has 4 rings (SSSR count). The van der Waals surface area contributed by atoms with Gasteiger partial charge < -0.3 is 20.3 Å². The van der Waals surface area contributed by atoms with E-state index < -0.39 is 34.7 Å². The molecule has 0 aliphatic carbocycles. The largest absolute Gasteiger partial charge is 0.377 e. The van der Waals surface area contributed by atoms with E-state index in [1.165, 1.54) is 18.2 Å². The normalized spacial score (nSPS) is 15.9. The van der Waals surface area contributed by atoms with Crippen LogP contribution >= 0.6 is 0 Å². The Morgan fingerprint density at radius 1 is 1.13 bits per heavy atom. The maximum atomic E-state index is 14.2. The molecule has 3 aromatic rings. The topological polar surface area (TPSA) is 126 Å². The van der Waals surface area contributed by atoms with Crippen LogP contribution in [0.5, 0.6) is 0 Å².